The van der Waals surface area contributed by atoms with E-state index in [1.165, 1.54) is 0 Å². The quantitative estimate of drug-likeness (QED) is 0.679. The van der Waals surface area contributed by atoms with Crippen molar-refractivity contribution in [3.63, 3.8) is 0 Å². The molecule has 0 saturated heterocycles. The molecule has 3 N–H and O–H groups in total. The number of anilines is 1. The molecule has 0 saturated carbocycles. The van der Waals surface area contributed by atoms with Gasteiger partial charge in [-0.05, 0) is 27.7 Å². The van der Waals surface area contributed by atoms with Crippen molar-refractivity contribution in [2.24, 2.45) is 5.73 Å². The van der Waals surface area contributed by atoms with Crippen molar-refractivity contribution >= 4 is 5.82 Å². The summed E-state index contributed by atoms with van der Waals surface area (Å²) in [4.78, 5) is 0. The second kappa shape index (κ2) is 3.38. The lowest BCUT2D eigenvalue weighted by Gasteiger charge is -2.23. The summed E-state index contributed by atoms with van der Waals surface area (Å²) in [6, 6.07) is 1.93. The maximum absolute atomic E-state index is 5.64. The Morgan fingerprint density at radius 2 is 2.15 bits per heavy atom. The van der Waals surface area contributed by atoms with E-state index in [9.17, 15) is 0 Å². The minimum absolute atomic E-state index is 0.0132. The van der Waals surface area contributed by atoms with Crippen molar-refractivity contribution in [2.45, 2.75) is 39.4 Å². The zero-order valence-corrected chi connectivity index (χ0v) is 8.70. The van der Waals surface area contributed by atoms with Crippen LogP contribution in [0.25, 0.3) is 0 Å². The number of aromatic nitrogens is 2. The Morgan fingerprint density at radius 3 is 2.62 bits per heavy atom. The predicted octanol–water partition coefficient (Wildman–Crippen LogP) is 1.35. The van der Waals surface area contributed by atoms with Crippen molar-refractivity contribution in [3.05, 3.63) is 12.3 Å². The second-order valence-electron chi connectivity index (χ2n) is 4.23. The van der Waals surface area contributed by atoms with E-state index in [4.69, 9.17) is 5.73 Å². The molecule has 1 aromatic rings. The van der Waals surface area contributed by atoms with Crippen LogP contribution in [0.3, 0.4) is 0 Å². The van der Waals surface area contributed by atoms with Gasteiger partial charge in [-0.2, -0.15) is 5.10 Å². The van der Waals surface area contributed by atoms with Gasteiger partial charge in [0, 0.05) is 6.07 Å². The average molecular weight is 182 g/mol. The molecular formula is C9H18N4. The normalized spacial score (nSPS) is 14.2. The van der Waals surface area contributed by atoms with E-state index >= 15 is 0 Å². The zero-order chi connectivity index (χ0) is 10.1. The van der Waals surface area contributed by atoms with Gasteiger partial charge in [-0.15, -0.1) is 0 Å². The highest BCUT2D eigenvalue weighted by atomic mass is 15.4. The molecule has 0 radical (unpaired) electrons. The Kier molecular flexibility index (Phi) is 2.61. The summed E-state index contributed by atoms with van der Waals surface area (Å²) >= 11 is 0. The Labute approximate surface area is 79.1 Å². The Morgan fingerprint density at radius 1 is 1.54 bits per heavy atom. The molecule has 0 aliphatic carbocycles. The van der Waals surface area contributed by atoms with Gasteiger partial charge in [-0.1, -0.05) is 0 Å². The Balaban J connectivity index is 2.90. The third-order valence-electron chi connectivity index (χ3n) is 1.65. The lowest BCUT2D eigenvalue weighted by atomic mass is 10.1. The van der Waals surface area contributed by atoms with Crippen LogP contribution in [0.1, 0.15) is 27.7 Å². The highest BCUT2D eigenvalue weighted by Gasteiger charge is 2.17. The van der Waals surface area contributed by atoms with Gasteiger partial charge < -0.3 is 11.1 Å². The van der Waals surface area contributed by atoms with E-state index in [2.05, 4.69) is 31.2 Å². The molecule has 0 bridgehead atoms. The van der Waals surface area contributed by atoms with E-state index in [1.54, 1.807) is 6.20 Å². The van der Waals surface area contributed by atoms with Crippen LogP contribution in [-0.2, 0) is 5.54 Å². The third kappa shape index (κ3) is 2.45. The van der Waals surface area contributed by atoms with Crippen molar-refractivity contribution in [2.75, 3.05) is 5.32 Å². The van der Waals surface area contributed by atoms with Crippen LogP contribution in [0.2, 0.25) is 0 Å². The molecule has 0 amide bonds. The average Bonchev–Trinajstić information content (AvgIpc) is 2.31. The minimum atomic E-state index is -0.0576. The number of rotatable bonds is 2. The zero-order valence-electron chi connectivity index (χ0n) is 8.70. The van der Waals surface area contributed by atoms with Crippen LogP contribution in [0.5, 0.6) is 0 Å². The third-order valence-corrected chi connectivity index (χ3v) is 1.65. The number of nitrogens with one attached hydrogen (secondary N) is 1. The highest BCUT2D eigenvalue weighted by Crippen LogP contribution is 2.18. The van der Waals surface area contributed by atoms with Gasteiger partial charge in [0.15, 0.2) is 0 Å². The van der Waals surface area contributed by atoms with E-state index in [0.29, 0.717) is 0 Å². The first kappa shape index (κ1) is 10.1. The fourth-order valence-electron chi connectivity index (χ4n) is 1.18. The lowest BCUT2D eigenvalue weighted by Crippen LogP contribution is -2.31. The van der Waals surface area contributed by atoms with Crippen LogP contribution in [0, 0.1) is 0 Å². The molecule has 1 atom stereocenters. The standard InChI is InChI=1S/C9H18N4/c1-7(10)12-8-5-6-11-13(8)9(2,3)4/h5-7,12H,10H2,1-4H3. The molecule has 1 unspecified atom stereocenters. The van der Waals surface area contributed by atoms with Gasteiger partial charge >= 0.3 is 0 Å². The van der Waals surface area contributed by atoms with Crippen LogP contribution in [-0.4, -0.2) is 15.9 Å². The number of nitrogens with two attached hydrogens (primary N) is 1. The van der Waals surface area contributed by atoms with Gasteiger partial charge in [0.2, 0.25) is 0 Å². The molecule has 0 fully saturated rings. The topological polar surface area (TPSA) is 55.9 Å². The van der Waals surface area contributed by atoms with Gasteiger partial charge in [-0.25, -0.2) is 4.68 Å². The molecule has 1 aromatic heterocycles. The minimum Gasteiger partial charge on any atom is -0.355 e. The smallest absolute Gasteiger partial charge is 0.126 e. The van der Waals surface area contributed by atoms with Gasteiger partial charge in [0.05, 0.1) is 17.9 Å². The molecule has 0 aliphatic heterocycles. The van der Waals surface area contributed by atoms with Gasteiger partial charge in [0.1, 0.15) is 5.82 Å². The lowest BCUT2D eigenvalue weighted by molar-refractivity contribution is 0.359. The molecule has 0 aliphatic rings. The first-order valence-electron chi connectivity index (χ1n) is 4.48. The molecule has 74 valence electrons. The fraction of sp³-hybridized carbons (Fsp3) is 0.667. The van der Waals surface area contributed by atoms with Gasteiger partial charge in [-0.3, -0.25) is 0 Å². The van der Waals surface area contributed by atoms with E-state index < -0.39 is 0 Å². The van der Waals surface area contributed by atoms with E-state index in [-0.39, 0.29) is 11.7 Å². The van der Waals surface area contributed by atoms with Crippen molar-refractivity contribution in [1.29, 1.82) is 0 Å². The van der Waals surface area contributed by atoms with E-state index in [1.807, 2.05) is 17.7 Å². The fourth-order valence-corrected chi connectivity index (χ4v) is 1.18. The second-order valence-corrected chi connectivity index (χ2v) is 4.23. The monoisotopic (exact) mass is 182 g/mol. The van der Waals surface area contributed by atoms with E-state index in [0.717, 1.165) is 5.82 Å². The Hall–Kier alpha value is -1.03. The summed E-state index contributed by atoms with van der Waals surface area (Å²) in [6.07, 6.45) is 1.72. The number of nitrogens with zero attached hydrogens (tertiary/aromatic N) is 2. The largest absolute Gasteiger partial charge is 0.355 e. The number of hydrogen-bond donors (Lipinski definition) is 2. The van der Waals surface area contributed by atoms with Crippen LogP contribution in [0.4, 0.5) is 5.82 Å². The number of hydrogen-bond acceptors (Lipinski definition) is 3. The van der Waals surface area contributed by atoms with Crippen molar-refractivity contribution in [3.8, 4) is 0 Å². The van der Waals surface area contributed by atoms with Crippen molar-refractivity contribution in [1.82, 2.24) is 9.78 Å². The summed E-state index contributed by atoms with van der Waals surface area (Å²) < 4.78 is 1.93. The molecule has 1 heterocycles. The summed E-state index contributed by atoms with van der Waals surface area (Å²) in [5.74, 6) is 0.961. The van der Waals surface area contributed by atoms with Crippen LogP contribution >= 0.6 is 0 Å². The molecule has 0 aromatic carbocycles. The molecule has 4 nitrogen and oxygen atoms in total. The van der Waals surface area contributed by atoms with Crippen LogP contribution in [0.15, 0.2) is 12.3 Å². The molecule has 1 rings (SSSR count). The molecule has 13 heavy (non-hydrogen) atoms. The maximum atomic E-state index is 5.64. The molecular weight excluding hydrogens is 164 g/mol. The van der Waals surface area contributed by atoms with Gasteiger partial charge in [0.25, 0.3) is 0 Å². The summed E-state index contributed by atoms with van der Waals surface area (Å²) in [5.41, 5.74) is 5.63. The SMILES string of the molecule is CC(N)Nc1ccnn1C(C)(C)C. The first-order valence-corrected chi connectivity index (χ1v) is 4.48. The molecule has 0 spiro atoms. The molecule has 4 heteroatoms. The highest BCUT2D eigenvalue weighted by molar-refractivity contribution is 5.35. The predicted molar refractivity (Wildman–Crippen MR) is 54.5 cm³/mol. The Bertz CT molecular complexity index is 269. The maximum Gasteiger partial charge on any atom is 0.126 e. The van der Waals surface area contributed by atoms with Crippen LogP contribution < -0.4 is 11.1 Å². The summed E-state index contributed by atoms with van der Waals surface area (Å²) in [5, 5.41) is 7.38. The summed E-state index contributed by atoms with van der Waals surface area (Å²) in [7, 11) is 0. The van der Waals surface area contributed by atoms with Crippen molar-refractivity contribution < 1.29 is 0 Å². The summed E-state index contributed by atoms with van der Waals surface area (Å²) in [6.45, 7) is 8.21. The first-order chi connectivity index (χ1) is 5.91.